The Labute approximate surface area is 115 Å². The van der Waals surface area contributed by atoms with Gasteiger partial charge in [-0.2, -0.15) is 0 Å². The zero-order chi connectivity index (χ0) is 14.5. The van der Waals surface area contributed by atoms with E-state index in [1.807, 2.05) is 0 Å². The van der Waals surface area contributed by atoms with Crippen molar-refractivity contribution in [3.8, 4) is 0 Å². The van der Waals surface area contributed by atoms with Crippen molar-refractivity contribution in [3.63, 3.8) is 0 Å². The van der Waals surface area contributed by atoms with Gasteiger partial charge in [0, 0.05) is 17.1 Å². The quantitative estimate of drug-likeness (QED) is 0.624. The van der Waals surface area contributed by atoms with Crippen molar-refractivity contribution in [2.75, 3.05) is 16.8 Å². The molecule has 2 rings (SSSR count). The Morgan fingerprint density at radius 1 is 0.900 bits per heavy atom. The van der Waals surface area contributed by atoms with Crippen molar-refractivity contribution in [2.45, 2.75) is 0 Å². The Balaban J connectivity index is 2.00. The predicted molar refractivity (Wildman–Crippen MR) is 78.2 cm³/mol. The molecule has 0 unspecified atom stereocenters. The number of urea groups is 1. The number of benzene rings is 2. The summed E-state index contributed by atoms with van der Waals surface area (Å²) in [5, 5.41) is 4.72. The number of imide groups is 1. The number of para-hydroxylation sites is 1. The third-order valence-electron chi connectivity index (χ3n) is 2.60. The fourth-order valence-corrected chi connectivity index (χ4v) is 1.60. The van der Waals surface area contributed by atoms with Crippen LogP contribution < -0.4 is 22.1 Å². The van der Waals surface area contributed by atoms with Crippen LogP contribution in [-0.4, -0.2) is 11.9 Å². The molecule has 0 saturated heterocycles. The van der Waals surface area contributed by atoms with Crippen molar-refractivity contribution in [3.05, 3.63) is 54.1 Å². The van der Waals surface area contributed by atoms with Crippen LogP contribution in [0.4, 0.5) is 21.9 Å². The van der Waals surface area contributed by atoms with Crippen LogP contribution in [0.2, 0.25) is 0 Å². The molecule has 0 aliphatic carbocycles. The summed E-state index contributed by atoms with van der Waals surface area (Å²) in [6, 6.07) is 12.4. The van der Waals surface area contributed by atoms with E-state index in [2.05, 4.69) is 10.6 Å². The summed E-state index contributed by atoms with van der Waals surface area (Å²) in [6.07, 6.45) is 0. The molecule has 0 radical (unpaired) electrons. The van der Waals surface area contributed by atoms with Crippen molar-refractivity contribution in [1.82, 2.24) is 5.32 Å². The fourth-order valence-electron chi connectivity index (χ4n) is 1.60. The molecule has 6 heteroatoms. The van der Waals surface area contributed by atoms with E-state index in [1.54, 1.807) is 48.5 Å². The molecule has 0 saturated carbocycles. The fraction of sp³-hybridized carbons (Fsp3) is 0. The van der Waals surface area contributed by atoms with Gasteiger partial charge in [0.1, 0.15) is 0 Å². The summed E-state index contributed by atoms with van der Waals surface area (Å²) in [4.78, 5) is 23.5. The first-order valence-corrected chi connectivity index (χ1v) is 5.88. The Hall–Kier alpha value is -3.02. The third kappa shape index (κ3) is 3.26. The number of nitrogens with one attached hydrogen (secondary N) is 2. The van der Waals surface area contributed by atoms with E-state index in [4.69, 9.17) is 11.5 Å². The molecule has 0 bridgehead atoms. The highest BCUT2D eigenvalue weighted by Crippen LogP contribution is 2.11. The molecule has 3 amide bonds. The topological polar surface area (TPSA) is 110 Å². The minimum atomic E-state index is -0.636. The predicted octanol–water partition coefficient (Wildman–Crippen LogP) is 1.81. The Kier molecular flexibility index (Phi) is 3.85. The smallest absolute Gasteiger partial charge is 0.326 e. The van der Waals surface area contributed by atoms with Gasteiger partial charge in [-0.1, -0.05) is 12.1 Å². The van der Waals surface area contributed by atoms with E-state index >= 15 is 0 Å². The van der Waals surface area contributed by atoms with Crippen LogP contribution in [0.15, 0.2) is 48.5 Å². The van der Waals surface area contributed by atoms with E-state index in [1.165, 1.54) is 0 Å². The number of nitrogens with two attached hydrogens (primary N) is 2. The zero-order valence-corrected chi connectivity index (χ0v) is 10.6. The maximum atomic E-state index is 11.8. The average Bonchev–Trinajstić information content (AvgIpc) is 2.41. The summed E-state index contributed by atoms with van der Waals surface area (Å²) in [5.41, 5.74) is 12.9. The molecule has 0 spiro atoms. The first kappa shape index (κ1) is 13.4. The van der Waals surface area contributed by atoms with Crippen LogP contribution in [0.3, 0.4) is 0 Å². The molecule has 6 nitrogen and oxygen atoms in total. The Bertz CT molecular complexity index is 638. The number of rotatable bonds is 2. The van der Waals surface area contributed by atoms with Gasteiger partial charge < -0.3 is 16.8 Å². The Morgan fingerprint density at radius 2 is 1.55 bits per heavy atom. The monoisotopic (exact) mass is 270 g/mol. The lowest BCUT2D eigenvalue weighted by Gasteiger charge is -2.08. The highest BCUT2D eigenvalue weighted by molar-refractivity contribution is 6.10. The van der Waals surface area contributed by atoms with Crippen molar-refractivity contribution < 1.29 is 9.59 Å². The second-order valence-corrected chi connectivity index (χ2v) is 4.12. The van der Waals surface area contributed by atoms with Crippen molar-refractivity contribution in [1.29, 1.82) is 0 Å². The minimum absolute atomic E-state index is 0.250. The van der Waals surface area contributed by atoms with Gasteiger partial charge in [-0.3, -0.25) is 10.1 Å². The highest BCUT2D eigenvalue weighted by atomic mass is 16.2. The molecule has 102 valence electrons. The molecular formula is C14H14N4O2. The first-order valence-electron chi connectivity index (χ1n) is 5.88. The molecule has 0 heterocycles. The van der Waals surface area contributed by atoms with E-state index in [0.29, 0.717) is 17.1 Å². The normalized spacial score (nSPS) is 9.80. The van der Waals surface area contributed by atoms with E-state index in [-0.39, 0.29) is 5.56 Å². The lowest BCUT2D eigenvalue weighted by Crippen LogP contribution is -2.34. The summed E-state index contributed by atoms with van der Waals surface area (Å²) in [5.74, 6) is -0.559. The molecular weight excluding hydrogens is 256 g/mol. The standard InChI is InChI=1S/C14H14N4O2/c15-9-5-7-10(8-6-9)17-14(20)18-13(19)11-3-1-2-4-12(11)16/h1-8H,15-16H2,(H2,17,18,19,20). The lowest BCUT2D eigenvalue weighted by molar-refractivity contribution is 0.0968. The van der Waals surface area contributed by atoms with Crippen molar-refractivity contribution in [2.24, 2.45) is 0 Å². The second-order valence-electron chi connectivity index (χ2n) is 4.12. The highest BCUT2D eigenvalue weighted by Gasteiger charge is 2.12. The lowest BCUT2D eigenvalue weighted by atomic mass is 10.2. The average molecular weight is 270 g/mol. The molecule has 0 aliphatic heterocycles. The van der Waals surface area contributed by atoms with E-state index in [9.17, 15) is 9.59 Å². The number of amides is 3. The van der Waals surface area contributed by atoms with Crippen LogP contribution in [0, 0.1) is 0 Å². The molecule has 0 aromatic heterocycles. The number of carbonyl (C=O) groups is 2. The van der Waals surface area contributed by atoms with Gasteiger partial charge >= 0.3 is 6.03 Å². The zero-order valence-electron chi connectivity index (χ0n) is 10.6. The number of hydrogen-bond acceptors (Lipinski definition) is 4. The van der Waals surface area contributed by atoms with Crippen LogP contribution in [-0.2, 0) is 0 Å². The first-order chi connectivity index (χ1) is 9.56. The van der Waals surface area contributed by atoms with Crippen molar-refractivity contribution >= 4 is 29.0 Å². The molecule has 0 atom stereocenters. The number of hydrogen-bond donors (Lipinski definition) is 4. The van der Waals surface area contributed by atoms with Gasteiger partial charge in [-0.05, 0) is 36.4 Å². The minimum Gasteiger partial charge on any atom is -0.399 e. The van der Waals surface area contributed by atoms with Gasteiger partial charge in [-0.15, -0.1) is 0 Å². The van der Waals surface area contributed by atoms with E-state index in [0.717, 1.165) is 0 Å². The molecule has 2 aromatic carbocycles. The van der Waals surface area contributed by atoms with Gasteiger partial charge in [0.25, 0.3) is 5.91 Å². The maximum absolute atomic E-state index is 11.8. The molecule has 20 heavy (non-hydrogen) atoms. The maximum Gasteiger partial charge on any atom is 0.326 e. The largest absolute Gasteiger partial charge is 0.399 e. The Morgan fingerprint density at radius 3 is 2.20 bits per heavy atom. The summed E-state index contributed by atoms with van der Waals surface area (Å²) in [6.45, 7) is 0. The summed E-state index contributed by atoms with van der Waals surface area (Å²) >= 11 is 0. The van der Waals surface area contributed by atoms with Crippen LogP contribution >= 0.6 is 0 Å². The molecule has 0 fully saturated rings. The van der Waals surface area contributed by atoms with Gasteiger partial charge in [-0.25, -0.2) is 4.79 Å². The van der Waals surface area contributed by atoms with Gasteiger partial charge in [0.2, 0.25) is 0 Å². The number of carbonyl (C=O) groups excluding carboxylic acids is 2. The number of nitrogen functional groups attached to an aromatic ring is 2. The SMILES string of the molecule is Nc1ccc(NC(=O)NC(=O)c2ccccc2N)cc1. The van der Waals surface area contributed by atoms with E-state index < -0.39 is 11.9 Å². The molecule has 6 N–H and O–H groups in total. The van der Waals surface area contributed by atoms with Crippen LogP contribution in [0.1, 0.15) is 10.4 Å². The van der Waals surface area contributed by atoms with Crippen LogP contribution in [0.25, 0.3) is 0 Å². The summed E-state index contributed by atoms with van der Waals surface area (Å²) in [7, 11) is 0. The second kappa shape index (κ2) is 5.75. The van der Waals surface area contributed by atoms with Gasteiger partial charge in [0.15, 0.2) is 0 Å². The number of anilines is 3. The summed E-state index contributed by atoms with van der Waals surface area (Å²) < 4.78 is 0. The molecule has 2 aromatic rings. The van der Waals surface area contributed by atoms with Gasteiger partial charge in [0.05, 0.1) is 5.56 Å². The third-order valence-corrected chi connectivity index (χ3v) is 2.60. The van der Waals surface area contributed by atoms with Crippen LogP contribution in [0.5, 0.6) is 0 Å². The molecule has 0 aliphatic rings.